The Bertz CT molecular complexity index is 635. The van der Waals surface area contributed by atoms with Crippen LogP contribution in [0.1, 0.15) is 25.7 Å². The number of hydrogen-bond donors (Lipinski definition) is 8. The fourth-order valence-electron chi connectivity index (χ4n) is 1.96. The Balaban J connectivity index is 4.16. The summed E-state index contributed by atoms with van der Waals surface area (Å²) in [6.07, 6.45) is 0.00830. The highest BCUT2D eigenvalue weighted by Crippen LogP contribution is 1.98. The molecular formula is C15H27N7O7. The summed E-state index contributed by atoms with van der Waals surface area (Å²) in [4.78, 5) is 60.3. The number of nitrogens with two attached hydrogens (primary N) is 3. The van der Waals surface area contributed by atoms with Crippen molar-refractivity contribution in [1.82, 2.24) is 16.0 Å². The van der Waals surface area contributed by atoms with Gasteiger partial charge in [0, 0.05) is 13.0 Å². The zero-order valence-corrected chi connectivity index (χ0v) is 15.7. The van der Waals surface area contributed by atoms with Crippen molar-refractivity contribution in [3.63, 3.8) is 0 Å². The van der Waals surface area contributed by atoms with E-state index in [2.05, 4.69) is 20.9 Å². The van der Waals surface area contributed by atoms with Crippen LogP contribution in [-0.2, 0) is 24.0 Å². The van der Waals surface area contributed by atoms with E-state index in [0.717, 1.165) is 0 Å². The molecule has 0 aliphatic carbocycles. The van der Waals surface area contributed by atoms with Gasteiger partial charge in [-0.05, 0) is 19.3 Å². The topological polar surface area (TPSA) is 252 Å². The van der Waals surface area contributed by atoms with Crippen LogP contribution in [0.4, 0.5) is 0 Å². The van der Waals surface area contributed by atoms with E-state index < -0.39 is 61.3 Å². The van der Waals surface area contributed by atoms with Crippen molar-refractivity contribution in [3.8, 4) is 0 Å². The summed E-state index contributed by atoms with van der Waals surface area (Å²) in [6.45, 7) is -0.673. The van der Waals surface area contributed by atoms with E-state index in [9.17, 15) is 24.0 Å². The Morgan fingerprint density at radius 2 is 1.55 bits per heavy atom. The van der Waals surface area contributed by atoms with Gasteiger partial charge in [-0.15, -0.1) is 0 Å². The molecule has 0 spiro atoms. The Labute approximate surface area is 166 Å². The van der Waals surface area contributed by atoms with Crippen LogP contribution in [0.2, 0.25) is 0 Å². The van der Waals surface area contributed by atoms with E-state index in [1.807, 2.05) is 0 Å². The van der Waals surface area contributed by atoms with Crippen molar-refractivity contribution in [3.05, 3.63) is 0 Å². The van der Waals surface area contributed by atoms with Crippen LogP contribution in [0.15, 0.2) is 4.99 Å². The number of guanidine groups is 1. The molecule has 0 fully saturated rings. The molecule has 2 atom stereocenters. The van der Waals surface area contributed by atoms with Crippen LogP contribution < -0.4 is 33.2 Å². The number of nitrogens with zero attached hydrogens (tertiary/aromatic N) is 1. The first-order valence-corrected chi connectivity index (χ1v) is 8.62. The summed E-state index contributed by atoms with van der Waals surface area (Å²) in [7, 11) is 0. The maximum Gasteiger partial charge on any atom is 0.326 e. The maximum atomic E-state index is 11.8. The second-order valence-electron chi connectivity index (χ2n) is 5.94. The van der Waals surface area contributed by atoms with Gasteiger partial charge in [0.15, 0.2) is 5.96 Å². The normalized spacial score (nSPS) is 12.2. The van der Waals surface area contributed by atoms with Crippen LogP contribution in [0.3, 0.4) is 0 Å². The van der Waals surface area contributed by atoms with Crippen molar-refractivity contribution in [2.75, 3.05) is 19.6 Å². The second-order valence-corrected chi connectivity index (χ2v) is 5.94. The third-order valence-corrected chi connectivity index (χ3v) is 3.45. The summed E-state index contributed by atoms with van der Waals surface area (Å²) < 4.78 is 0. The number of aliphatic imine (C=N–C) groups is 1. The number of rotatable bonds is 14. The Hall–Kier alpha value is -3.42. The molecule has 0 aromatic heterocycles. The number of carbonyl (C=O) groups excluding carboxylic acids is 3. The van der Waals surface area contributed by atoms with Gasteiger partial charge in [0.2, 0.25) is 17.7 Å². The lowest BCUT2D eigenvalue weighted by molar-refractivity contribution is -0.143. The van der Waals surface area contributed by atoms with E-state index >= 15 is 0 Å². The molecule has 14 heteroatoms. The summed E-state index contributed by atoms with van der Waals surface area (Å²) in [5.41, 5.74) is 16.0. The first-order chi connectivity index (χ1) is 13.5. The van der Waals surface area contributed by atoms with Gasteiger partial charge in [0.05, 0.1) is 19.1 Å². The van der Waals surface area contributed by atoms with Crippen LogP contribution in [0.25, 0.3) is 0 Å². The Morgan fingerprint density at radius 1 is 0.931 bits per heavy atom. The summed E-state index contributed by atoms with van der Waals surface area (Å²) in [5.74, 6) is -4.76. The SMILES string of the molecule is NC(N)=NCCCC(N)C(=O)NCC(=O)NCC(=O)NC(CCC(=O)O)C(=O)O. The zero-order chi connectivity index (χ0) is 22.4. The summed E-state index contributed by atoms with van der Waals surface area (Å²) in [6, 6.07) is -2.27. The van der Waals surface area contributed by atoms with Crippen molar-refractivity contribution in [2.45, 2.75) is 37.8 Å². The molecule has 14 nitrogen and oxygen atoms in total. The van der Waals surface area contributed by atoms with E-state index in [4.69, 9.17) is 27.4 Å². The monoisotopic (exact) mass is 417 g/mol. The van der Waals surface area contributed by atoms with Gasteiger partial charge in [-0.25, -0.2) is 4.79 Å². The molecule has 0 saturated heterocycles. The van der Waals surface area contributed by atoms with Gasteiger partial charge in [0.1, 0.15) is 6.04 Å². The quantitative estimate of drug-likeness (QED) is 0.0772. The average Bonchev–Trinajstić information content (AvgIpc) is 2.63. The number of carbonyl (C=O) groups is 5. The van der Waals surface area contributed by atoms with E-state index in [1.165, 1.54) is 0 Å². The number of carboxylic acids is 2. The first-order valence-electron chi connectivity index (χ1n) is 8.62. The van der Waals surface area contributed by atoms with Gasteiger partial charge >= 0.3 is 11.9 Å². The Morgan fingerprint density at radius 3 is 2.10 bits per heavy atom. The minimum Gasteiger partial charge on any atom is -0.481 e. The highest BCUT2D eigenvalue weighted by atomic mass is 16.4. The van der Waals surface area contributed by atoms with Crippen LogP contribution in [-0.4, -0.2) is 77.6 Å². The minimum atomic E-state index is -1.40. The molecular weight excluding hydrogens is 390 g/mol. The molecule has 0 aliphatic heterocycles. The molecule has 0 aromatic carbocycles. The van der Waals surface area contributed by atoms with E-state index in [-0.39, 0.29) is 12.4 Å². The smallest absolute Gasteiger partial charge is 0.326 e. The summed E-state index contributed by atoms with van der Waals surface area (Å²) in [5, 5.41) is 24.1. The molecule has 2 unspecified atom stereocenters. The number of nitrogens with one attached hydrogen (secondary N) is 3. The summed E-state index contributed by atoms with van der Waals surface area (Å²) >= 11 is 0. The fourth-order valence-corrected chi connectivity index (χ4v) is 1.96. The van der Waals surface area contributed by atoms with Crippen molar-refractivity contribution >= 4 is 35.6 Å². The van der Waals surface area contributed by atoms with E-state index in [1.54, 1.807) is 0 Å². The number of carboxylic acid groups (broad SMARTS) is 2. The van der Waals surface area contributed by atoms with Gasteiger partial charge in [-0.3, -0.25) is 24.2 Å². The standard InChI is InChI=1S/C15H27N7O7/c16-8(2-1-5-19-15(17)18)13(27)21-6-10(23)20-7-11(24)22-9(14(28)29)3-4-12(25)26/h8-9H,1-7,16H2,(H,20,23)(H,21,27)(H,22,24)(H,25,26)(H,28,29)(H4,17,18,19). The van der Waals surface area contributed by atoms with Crippen LogP contribution >= 0.6 is 0 Å². The van der Waals surface area contributed by atoms with Crippen molar-refractivity contribution < 1.29 is 34.2 Å². The average molecular weight is 417 g/mol. The maximum absolute atomic E-state index is 11.8. The molecule has 0 bridgehead atoms. The van der Waals surface area contributed by atoms with Gasteiger partial charge < -0.3 is 43.4 Å². The molecule has 0 aromatic rings. The van der Waals surface area contributed by atoms with E-state index in [0.29, 0.717) is 19.4 Å². The molecule has 0 saturated carbocycles. The molecule has 0 heterocycles. The minimum absolute atomic E-state index is 0.0692. The third kappa shape index (κ3) is 13.4. The molecule has 0 radical (unpaired) electrons. The van der Waals surface area contributed by atoms with Gasteiger partial charge in [-0.1, -0.05) is 0 Å². The third-order valence-electron chi connectivity index (χ3n) is 3.45. The highest BCUT2D eigenvalue weighted by Gasteiger charge is 2.21. The molecule has 29 heavy (non-hydrogen) atoms. The molecule has 11 N–H and O–H groups in total. The molecule has 3 amide bonds. The predicted octanol–water partition coefficient (Wildman–Crippen LogP) is -3.97. The second kappa shape index (κ2) is 13.7. The number of amides is 3. The van der Waals surface area contributed by atoms with Gasteiger partial charge in [0.25, 0.3) is 0 Å². The number of aliphatic carboxylic acids is 2. The lowest BCUT2D eigenvalue weighted by Gasteiger charge is -2.14. The molecule has 164 valence electrons. The highest BCUT2D eigenvalue weighted by molar-refractivity contribution is 5.90. The van der Waals surface area contributed by atoms with Crippen molar-refractivity contribution in [1.29, 1.82) is 0 Å². The molecule has 0 aliphatic rings. The first kappa shape index (κ1) is 25.6. The molecule has 0 rings (SSSR count). The zero-order valence-electron chi connectivity index (χ0n) is 15.7. The largest absolute Gasteiger partial charge is 0.481 e. The lowest BCUT2D eigenvalue weighted by atomic mass is 10.1. The lowest BCUT2D eigenvalue weighted by Crippen LogP contribution is -2.48. The van der Waals surface area contributed by atoms with Crippen LogP contribution in [0.5, 0.6) is 0 Å². The van der Waals surface area contributed by atoms with Crippen molar-refractivity contribution in [2.24, 2.45) is 22.2 Å². The predicted molar refractivity (Wildman–Crippen MR) is 100 cm³/mol. The number of hydrogen-bond acceptors (Lipinski definition) is 7. The Kier molecular flexibility index (Phi) is 12.1. The van der Waals surface area contributed by atoms with Gasteiger partial charge in [-0.2, -0.15) is 0 Å². The fraction of sp³-hybridized carbons (Fsp3) is 0.600. The van der Waals surface area contributed by atoms with Crippen LogP contribution in [0, 0.1) is 0 Å².